The molecule has 1 aliphatic heterocycles. The van der Waals surface area contributed by atoms with Crippen molar-refractivity contribution in [3.8, 4) is 0 Å². The predicted octanol–water partition coefficient (Wildman–Crippen LogP) is 1.50. The Bertz CT molecular complexity index is 667. The molecule has 1 heterocycles. The molecule has 1 saturated heterocycles. The van der Waals surface area contributed by atoms with E-state index in [9.17, 15) is 13.2 Å². The van der Waals surface area contributed by atoms with Crippen LogP contribution in [0.3, 0.4) is 0 Å². The molecule has 0 aromatic heterocycles. The van der Waals surface area contributed by atoms with E-state index < -0.39 is 9.84 Å². The van der Waals surface area contributed by atoms with Crippen LogP contribution < -0.4 is 10.6 Å². The number of piperidine rings is 1. The topological polar surface area (TPSA) is 75.3 Å². The second-order valence-electron chi connectivity index (χ2n) is 7.09. The van der Waals surface area contributed by atoms with Gasteiger partial charge in [0.1, 0.15) is 0 Å². The first-order valence-electron chi connectivity index (χ1n) is 8.74. The first-order valence-corrected chi connectivity index (χ1v) is 10.6. The number of nitrogens with one attached hydrogen (secondary N) is 2. The maximum absolute atomic E-state index is 12.2. The van der Waals surface area contributed by atoms with Gasteiger partial charge >= 0.3 is 0 Å². The summed E-state index contributed by atoms with van der Waals surface area (Å²) in [7, 11) is -3.12. The summed E-state index contributed by atoms with van der Waals surface area (Å²) in [6.07, 6.45) is 3.63. The van der Waals surface area contributed by atoms with Crippen LogP contribution in [0.25, 0.3) is 0 Å². The van der Waals surface area contributed by atoms with Crippen LogP contribution in [0.15, 0.2) is 30.3 Å². The molecule has 1 atom stereocenters. The van der Waals surface area contributed by atoms with Gasteiger partial charge in [-0.1, -0.05) is 30.3 Å². The molecule has 0 radical (unpaired) electrons. The Balaban J connectivity index is 1.37. The van der Waals surface area contributed by atoms with Crippen molar-refractivity contribution in [3.05, 3.63) is 35.9 Å². The van der Waals surface area contributed by atoms with Crippen LogP contribution in [0.2, 0.25) is 0 Å². The molecule has 1 aromatic carbocycles. The minimum Gasteiger partial charge on any atom is -0.356 e. The Labute approximate surface area is 144 Å². The van der Waals surface area contributed by atoms with E-state index in [-0.39, 0.29) is 28.7 Å². The van der Waals surface area contributed by atoms with E-state index in [4.69, 9.17) is 0 Å². The maximum Gasteiger partial charge on any atom is 0.223 e. The summed E-state index contributed by atoms with van der Waals surface area (Å²) in [6, 6.07) is 9.21. The first-order chi connectivity index (χ1) is 11.5. The van der Waals surface area contributed by atoms with E-state index in [0.29, 0.717) is 13.0 Å². The Morgan fingerprint density at radius 1 is 1.21 bits per heavy atom. The van der Waals surface area contributed by atoms with Crippen molar-refractivity contribution in [1.29, 1.82) is 0 Å². The molecular weight excluding hydrogens is 324 g/mol. The molecular formula is C18H26N2O3S. The summed E-state index contributed by atoms with van der Waals surface area (Å²) in [6.45, 7) is 2.45. The molecule has 2 N–H and O–H groups in total. The number of carbonyl (C=O) groups is 1. The van der Waals surface area contributed by atoms with Crippen LogP contribution in [-0.2, 0) is 20.4 Å². The lowest BCUT2D eigenvalue weighted by atomic mass is 9.92. The SMILES string of the molecule is O=C(NCCCS(=O)(=O)Cc1ccccc1)C1CC12CCNCC2. The lowest BCUT2D eigenvalue weighted by Gasteiger charge is -2.23. The molecule has 6 heteroatoms. The summed E-state index contributed by atoms with van der Waals surface area (Å²) < 4.78 is 24.2. The molecule has 24 heavy (non-hydrogen) atoms. The lowest BCUT2D eigenvalue weighted by Crippen LogP contribution is -2.34. The van der Waals surface area contributed by atoms with Crippen molar-refractivity contribution in [2.45, 2.75) is 31.4 Å². The van der Waals surface area contributed by atoms with E-state index in [1.54, 1.807) is 0 Å². The molecule has 3 rings (SSSR count). The van der Waals surface area contributed by atoms with Gasteiger partial charge in [0, 0.05) is 12.5 Å². The van der Waals surface area contributed by atoms with E-state index >= 15 is 0 Å². The Hall–Kier alpha value is -1.40. The quantitative estimate of drug-likeness (QED) is 0.731. The molecule has 1 amide bonds. The number of hydrogen-bond donors (Lipinski definition) is 2. The number of amides is 1. The molecule has 2 aliphatic rings. The van der Waals surface area contributed by atoms with Gasteiger partial charge in [-0.05, 0) is 49.8 Å². The fourth-order valence-corrected chi connectivity index (χ4v) is 5.15. The highest BCUT2D eigenvalue weighted by Gasteiger charge is 2.57. The largest absolute Gasteiger partial charge is 0.356 e. The molecule has 132 valence electrons. The van der Waals surface area contributed by atoms with Gasteiger partial charge in [0.25, 0.3) is 0 Å². The summed E-state index contributed by atoms with van der Waals surface area (Å²) in [5.41, 5.74) is 1.04. The average Bonchev–Trinajstić information content (AvgIpc) is 3.26. The van der Waals surface area contributed by atoms with Crippen LogP contribution >= 0.6 is 0 Å². The van der Waals surface area contributed by atoms with Crippen molar-refractivity contribution < 1.29 is 13.2 Å². The minimum absolute atomic E-state index is 0.0700. The zero-order valence-electron chi connectivity index (χ0n) is 14.0. The van der Waals surface area contributed by atoms with E-state index in [1.165, 1.54) is 0 Å². The number of sulfone groups is 1. The first kappa shape index (κ1) is 17.4. The predicted molar refractivity (Wildman–Crippen MR) is 94.2 cm³/mol. The molecule has 1 spiro atoms. The highest BCUT2D eigenvalue weighted by atomic mass is 32.2. The van der Waals surface area contributed by atoms with Crippen LogP contribution in [-0.4, -0.2) is 39.7 Å². The van der Waals surface area contributed by atoms with E-state index in [2.05, 4.69) is 10.6 Å². The van der Waals surface area contributed by atoms with Crippen molar-refractivity contribution >= 4 is 15.7 Å². The Morgan fingerprint density at radius 2 is 1.92 bits per heavy atom. The van der Waals surface area contributed by atoms with Crippen LogP contribution in [0.5, 0.6) is 0 Å². The zero-order valence-corrected chi connectivity index (χ0v) is 14.8. The monoisotopic (exact) mass is 350 g/mol. The van der Waals surface area contributed by atoms with Gasteiger partial charge in [0.15, 0.2) is 9.84 Å². The van der Waals surface area contributed by atoms with Gasteiger partial charge < -0.3 is 10.6 Å². The van der Waals surface area contributed by atoms with Crippen LogP contribution in [0.4, 0.5) is 0 Å². The zero-order chi connectivity index (χ0) is 17.0. The number of rotatable bonds is 7. The fraction of sp³-hybridized carbons (Fsp3) is 0.611. The molecule has 2 fully saturated rings. The lowest BCUT2D eigenvalue weighted by molar-refractivity contribution is -0.123. The third-order valence-corrected chi connectivity index (χ3v) is 6.95. The number of hydrogen-bond acceptors (Lipinski definition) is 4. The smallest absolute Gasteiger partial charge is 0.223 e. The van der Waals surface area contributed by atoms with Gasteiger partial charge in [0.2, 0.25) is 5.91 Å². The second kappa shape index (κ2) is 7.23. The van der Waals surface area contributed by atoms with E-state index in [0.717, 1.165) is 37.9 Å². The molecule has 1 aromatic rings. The Kier molecular flexibility index (Phi) is 5.25. The number of carbonyl (C=O) groups excluding carboxylic acids is 1. The van der Waals surface area contributed by atoms with Crippen molar-refractivity contribution in [3.63, 3.8) is 0 Å². The minimum atomic E-state index is -3.12. The fourth-order valence-electron chi connectivity index (χ4n) is 3.72. The average molecular weight is 350 g/mol. The van der Waals surface area contributed by atoms with Crippen LogP contribution in [0.1, 0.15) is 31.2 Å². The van der Waals surface area contributed by atoms with Crippen molar-refractivity contribution in [2.24, 2.45) is 11.3 Å². The highest BCUT2D eigenvalue weighted by molar-refractivity contribution is 7.90. The summed E-state index contributed by atoms with van der Waals surface area (Å²) >= 11 is 0. The second-order valence-corrected chi connectivity index (χ2v) is 9.28. The molecule has 1 aliphatic carbocycles. The third-order valence-electron chi connectivity index (χ3n) is 5.27. The normalized spacial score (nSPS) is 22.2. The van der Waals surface area contributed by atoms with Crippen molar-refractivity contribution in [1.82, 2.24) is 10.6 Å². The van der Waals surface area contributed by atoms with Gasteiger partial charge in [-0.2, -0.15) is 0 Å². The van der Waals surface area contributed by atoms with Gasteiger partial charge in [-0.3, -0.25) is 4.79 Å². The molecule has 1 saturated carbocycles. The van der Waals surface area contributed by atoms with Crippen LogP contribution in [0, 0.1) is 11.3 Å². The van der Waals surface area contributed by atoms with E-state index in [1.807, 2.05) is 30.3 Å². The van der Waals surface area contributed by atoms with Gasteiger partial charge in [-0.15, -0.1) is 0 Å². The Morgan fingerprint density at radius 3 is 2.62 bits per heavy atom. The highest BCUT2D eigenvalue weighted by Crippen LogP contribution is 2.58. The van der Waals surface area contributed by atoms with Crippen molar-refractivity contribution in [2.75, 3.05) is 25.4 Å². The molecule has 1 unspecified atom stereocenters. The number of benzene rings is 1. The third kappa shape index (κ3) is 4.36. The van der Waals surface area contributed by atoms with Gasteiger partial charge in [0.05, 0.1) is 11.5 Å². The molecule has 0 bridgehead atoms. The standard InChI is InChI=1S/C18H26N2O3S/c21-17(16-13-18(16)7-10-19-11-8-18)20-9-4-12-24(22,23)14-15-5-2-1-3-6-15/h1-3,5-6,16,19H,4,7-14H2,(H,20,21). The summed E-state index contributed by atoms with van der Waals surface area (Å²) in [5.74, 6) is 0.431. The van der Waals surface area contributed by atoms with Gasteiger partial charge in [-0.25, -0.2) is 8.42 Å². The summed E-state index contributed by atoms with van der Waals surface area (Å²) in [4.78, 5) is 12.2. The molecule has 5 nitrogen and oxygen atoms in total. The maximum atomic E-state index is 12.2. The summed E-state index contributed by atoms with van der Waals surface area (Å²) in [5, 5.41) is 6.26.